The summed E-state index contributed by atoms with van der Waals surface area (Å²) in [5, 5.41) is 0. The van der Waals surface area contributed by atoms with Gasteiger partial charge >= 0.3 is 196 Å². The van der Waals surface area contributed by atoms with E-state index in [0.717, 1.165) is 0 Å². The van der Waals surface area contributed by atoms with Crippen LogP contribution in [0.5, 0.6) is 0 Å². The van der Waals surface area contributed by atoms with Crippen LogP contribution in [-0.4, -0.2) is 49.9 Å². The van der Waals surface area contributed by atoms with Crippen molar-refractivity contribution < 1.29 is 59.3 Å². The number of alkyl halides is 6. The molecule has 2 heterocycles. The Bertz CT molecular complexity index is 1670. The fourth-order valence-corrected chi connectivity index (χ4v) is 18.0. The van der Waals surface area contributed by atoms with Crippen molar-refractivity contribution in [2.75, 3.05) is 0 Å². The number of hydrogen-bond donors (Lipinski definition) is 0. The van der Waals surface area contributed by atoms with Gasteiger partial charge < -0.3 is 9.11 Å². The van der Waals surface area contributed by atoms with E-state index in [9.17, 15) is 26.3 Å². The van der Waals surface area contributed by atoms with E-state index in [4.69, 9.17) is 25.9 Å². The molecule has 0 unspecified atom stereocenters. The Morgan fingerprint density at radius 1 is 0.426 bits per heavy atom. The van der Waals surface area contributed by atoms with Crippen LogP contribution in [0, 0.1) is 0 Å². The predicted molar refractivity (Wildman–Crippen MR) is 160 cm³/mol. The number of aromatic nitrogens is 2. The van der Waals surface area contributed by atoms with E-state index >= 15 is 0 Å². The van der Waals surface area contributed by atoms with Crippen molar-refractivity contribution in [3.63, 3.8) is 0 Å². The van der Waals surface area contributed by atoms with Gasteiger partial charge in [-0.15, -0.1) is 0 Å². The Morgan fingerprint density at radius 3 is 0.809 bits per heavy atom. The molecule has 250 valence electrons. The van der Waals surface area contributed by atoms with E-state index in [1.165, 1.54) is 13.1 Å². The molecular formula is C30H25AsF6N2O6S2. The van der Waals surface area contributed by atoms with Gasteiger partial charge in [0.1, 0.15) is 0 Å². The first-order valence-electron chi connectivity index (χ1n) is 13.0. The van der Waals surface area contributed by atoms with Gasteiger partial charge in [0.25, 0.3) is 0 Å². The van der Waals surface area contributed by atoms with Gasteiger partial charge in [-0.3, -0.25) is 0 Å². The molecule has 3 aromatic carbocycles. The van der Waals surface area contributed by atoms with E-state index in [2.05, 4.69) is 159 Å². The zero-order valence-electron chi connectivity index (χ0n) is 23.8. The van der Waals surface area contributed by atoms with Crippen LogP contribution in [0.25, 0.3) is 0 Å². The molecule has 0 atom stereocenters. The molecule has 47 heavy (non-hydrogen) atoms. The third-order valence-electron chi connectivity index (χ3n) is 6.60. The van der Waals surface area contributed by atoms with Crippen LogP contribution in [0.4, 0.5) is 26.3 Å². The van der Waals surface area contributed by atoms with Gasteiger partial charge in [-0.05, 0) is 0 Å². The van der Waals surface area contributed by atoms with Crippen LogP contribution in [-0.2, 0) is 20.2 Å². The SMILES string of the molecule is O=S(=O)([O-])C(F)(F)F.O=S(=O)([O-])C(F)(F)F.c1ccc([As](c2ccccc2)(c2ccccc2)([n+]2ccccc2)[n+]2ccccc2)cc1. The molecule has 0 aliphatic heterocycles. The molecule has 0 spiro atoms. The summed E-state index contributed by atoms with van der Waals surface area (Å²) >= 11 is -4.24. The molecule has 0 amide bonds. The number of nitrogens with zero attached hydrogens (tertiary/aromatic N) is 2. The minimum absolute atomic E-state index is 1.32. The van der Waals surface area contributed by atoms with Crippen molar-refractivity contribution in [3.05, 3.63) is 152 Å². The standard InChI is InChI=1S/C28H25AsN2.2CHF3O3S/c1-6-16-26(17-7-1)29(27-18-8-2-9-19-27,28-20-10-3-11-21-28,30-22-12-4-13-23-30)31-24-14-5-15-25-31;2*2-1(3,4)8(5,6)7/h1-25H;2*(H,5,6,7)/q+2;;/p-2. The Balaban J connectivity index is 0.000000312. The summed E-state index contributed by atoms with van der Waals surface area (Å²) in [6.07, 6.45) is 8.94. The number of halogens is 6. The summed E-state index contributed by atoms with van der Waals surface area (Å²) in [6, 6.07) is 45.8. The fraction of sp³-hybridized carbons (Fsp3) is 0.0667. The van der Waals surface area contributed by atoms with Crippen LogP contribution < -0.4 is 20.0 Å². The van der Waals surface area contributed by atoms with Gasteiger partial charge in [-0.2, -0.15) is 26.3 Å². The minimum atomic E-state index is -6.09. The second-order valence-corrected chi connectivity index (χ2v) is 21.6. The molecule has 0 bridgehead atoms. The van der Waals surface area contributed by atoms with Crippen molar-refractivity contribution in [2.24, 2.45) is 0 Å². The topological polar surface area (TPSA) is 122 Å². The maximum atomic E-state index is 10.7. The van der Waals surface area contributed by atoms with Gasteiger partial charge in [0.15, 0.2) is 20.2 Å². The molecule has 2 aromatic heterocycles. The average Bonchev–Trinajstić information content (AvgIpc) is 3.03. The average molecular weight is 763 g/mol. The van der Waals surface area contributed by atoms with Crippen molar-refractivity contribution in [1.29, 1.82) is 0 Å². The second-order valence-electron chi connectivity index (χ2n) is 9.34. The third-order valence-corrected chi connectivity index (χ3v) is 20.7. The van der Waals surface area contributed by atoms with Crippen LogP contribution in [0.3, 0.4) is 0 Å². The number of hydrogen-bond acceptors (Lipinski definition) is 6. The fourth-order valence-electron chi connectivity index (χ4n) is 4.80. The van der Waals surface area contributed by atoms with Crippen molar-refractivity contribution >= 4 is 46.2 Å². The van der Waals surface area contributed by atoms with Crippen molar-refractivity contribution in [1.82, 2.24) is 0 Å². The monoisotopic (exact) mass is 762 g/mol. The van der Waals surface area contributed by atoms with Crippen LogP contribution in [0.2, 0.25) is 0 Å². The molecule has 5 rings (SSSR count). The van der Waals surface area contributed by atoms with E-state index in [1.807, 2.05) is 0 Å². The van der Waals surface area contributed by atoms with E-state index in [0.29, 0.717) is 0 Å². The molecule has 0 aliphatic rings. The van der Waals surface area contributed by atoms with Gasteiger partial charge in [0.05, 0.1) is 0 Å². The summed E-state index contributed by atoms with van der Waals surface area (Å²) in [7, 11) is -12.2. The van der Waals surface area contributed by atoms with Gasteiger partial charge in [0, 0.05) is 0 Å². The molecule has 0 aliphatic carbocycles. The summed E-state index contributed by atoms with van der Waals surface area (Å²) < 4.78 is 127. The van der Waals surface area contributed by atoms with Gasteiger partial charge in [-0.25, -0.2) is 16.8 Å². The van der Waals surface area contributed by atoms with Gasteiger partial charge in [-0.1, -0.05) is 0 Å². The molecule has 17 heteroatoms. The summed E-state index contributed by atoms with van der Waals surface area (Å²) in [6.45, 7) is 0. The number of rotatable bonds is 5. The first kappa shape index (κ1) is 37.4. The predicted octanol–water partition coefficient (Wildman–Crippen LogP) is 2.88. The summed E-state index contributed by atoms with van der Waals surface area (Å²) in [5.41, 5.74) is -11.3. The first-order chi connectivity index (χ1) is 21.9. The van der Waals surface area contributed by atoms with Crippen molar-refractivity contribution in [2.45, 2.75) is 11.0 Å². The van der Waals surface area contributed by atoms with Crippen molar-refractivity contribution in [3.8, 4) is 0 Å². The van der Waals surface area contributed by atoms with Crippen LogP contribution in [0.15, 0.2) is 152 Å². The zero-order chi connectivity index (χ0) is 35.0. The third kappa shape index (κ3) is 7.57. The Morgan fingerprint density at radius 2 is 0.617 bits per heavy atom. The molecule has 0 radical (unpaired) electrons. The molecule has 0 saturated carbocycles. The second kappa shape index (κ2) is 14.4. The summed E-state index contributed by atoms with van der Waals surface area (Å²) in [5.74, 6) is 0. The number of pyridine rings is 2. The molecule has 0 saturated heterocycles. The van der Waals surface area contributed by atoms with E-state index in [-0.39, 0.29) is 0 Å². The normalized spacial score (nSPS) is 13.1. The Labute approximate surface area is 267 Å². The Kier molecular flexibility index (Phi) is 11.4. The van der Waals surface area contributed by atoms with Crippen LogP contribution >= 0.6 is 0 Å². The number of benzene rings is 3. The molecule has 0 N–H and O–H groups in total. The molecule has 0 fully saturated rings. The zero-order valence-corrected chi connectivity index (χ0v) is 27.3. The maximum absolute atomic E-state index is 10.7. The van der Waals surface area contributed by atoms with Crippen LogP contribution in [0.1, 0.15) is 0 Å². The molecular weight excluding hydrogens is 737 g/mol. The first-order valence-corrected chi connectivity index (χ1v) is 20.4. The molecule has 8 nitrogen and oxygen atoms in total. The Hall–Kier alpha value is -4.08. The molecule has 5 aromatic rings. The van der Waals surface area contributed by atoms with E-state index in [1.54, 1.807) is 0 Å². The van der Waals surface area contributed by atoms with Gasteiger partial charge in [0.2, 0.25) is 0 Å². The summed E-state index contributed by atoms with van der Waals surface area (Å²) in [4.78, 5) is 0. The van der Waals surface area contributed by atoms with E-state index < -0.39 is 44.2 Å². The quantitative estimate of drug-likeness (QED) is 0.118.